The highest BCUT2D eigenvalue weighted by Crippen LogP contribution is 2.27. The second kappa shape index (κ2) is 4.70. The van der Waals surface area contributed by atoms with Gasteiger partial charge < -0.3 is 10.7 Å². The van der Waals surface area contributed by atoms with E-state index in [1.807, 2.05) is 12.1 Å². The van der Waals surface area contributed by atoms with E-state index in [-0.39, 0.29) is 0 Å². The van der Waals surface area contributed by atoms with Crippen molar-refractivity contribution in [3.63, 3.8) is 0 Å². The van der Waals surface area contributed by atoms with Crippen LogP contribution in [-0.4, -0.2) is 9.97 Å². The number of nitrogens with zero attached hydrogens (tertiary/aromatic N) is 1. The summed E-state index contributed by atoms with van der Waals surface area (Å²) < 4.78 is 0.953. The summed E-state index contributed by atoms with van der Waals surface area (Å²) in [6.45, 7) is 2.15. The van der Waals surface area contributed by atoms with E-state index in [1.54, 1.807) is 0 Å². The van der Waals surface area contributed by atoms with E-state index >= 15 is 0 Å². The third kappa shape index (κ3) is 2.24. The molecule has 1 aromatic heterocycles. The number of aromatic amines is 1. The van der Waals surface area contributed by atoms with E-state index in [0.29, 0.717) is 5.69 Å². The number of imidazole rings is 1. The number of hydrogen-bond donors (Lipinski definition) is 2. The van der Waals surface area contributed by atoms with E-state index in [0.717, 1.165) is 33.3 Å². The summed E-state index contributed by atoms with van der Waals surface area (Å²) in [5, 5.41) is 0. The highest BCUT2D eigenvalue weighted by Gasteiger charge is 2.08. The molecule has 4 heteroatoms. The van der Waals surface area contributed by atoms with Gasteiger partial charge in [0.05, 0.1) is 11.2 Å². The van der Waals surface area contributed by atoms with Crippen LogP contribution in [0.4, 0.5) is 5.69 Å². The maximum Gasteiger partial charge on any atom is 0.138 e. The van der Waals surface area contributed by atoms with Gasteiger partial charge in [0.2, 0.25) is 0 Å². The SMILES string of the molecule is CCc1ccc(-c2nc3c(N)cc(Br)cc3[nH]2)cc1. The molecule has 0 aliphatic heterocycles. The van der Waals surface area contributed by atoms with Crippen molar-refractivity contribution >= 4 is 32.7 Å². The third-order valence-electron chi connectivity index (χ3n) is 3.22. The lowest BCUT2D eigenvalue weighted by Gasteiger charge is -1.98. The quantitative estimate of drug-likeness (QED) is 0.698. The van der Waals surface area contributed by atoms with Crippen molar-refractivity contribution in [2.24, 2.45) is 0 Å². The summed E-state index contributed by atoms with van der Waals surface area (Å²) in [7, 11) is 0. The zero-order valence-electron chi connectivity index (χ0n) is 10.6. The molecular weight excluding hydrogens is 302 g/mol. The number of hydrogen-bond acceptors (Lipinski definition) is 2. The fraction of sp³-hybridized carbons (Fsp3) is 0.133. The fourth-order valence-corrected chi connectivity index (χ4v) is 2.62. The summed E-state index contributed by atoms with van der Waals surface area (Å²) in [5.41, 5.74) is 10.8. The van der Waals surface area contributed by atoms with Crippen LogP contribution in [0.1, 0.15) is 12.5 Å². The maximum absolute atomic E-state index is 5.98. The van der Waals surface area contributed by atoms with Crippen molar-refractivity contribution in [1.29, 1.82) is 0 Å². The maximum atomic E-state index is 5.98. The molecule has 0 atom stereocenters. The summed E-state index contributed by atoms with van der Waals surface area (Å²) in [5.74, 6) is 0.849. The summed E-state index contributed by atoms with van der Waals surface area (Å²) in [6.07, 6.45) is 1.04. The number of nitrogens with two attached hydrogens (primary N) is 1. The Morgan fingerprint density at radius 1 is 1.21 bits per heavy atom. The van der Waals surface area contributed by atoms with Crippen LogP contribution in [0.15, 0.2) is 40.9 Å². The van der Waals surface area contributed by atoms with Crippen LogP contribution in [-0.2, 0) is 6.42 Å². The van der Waals surface area contributed by atoms with Gasteiger partial charge in [0.1, 0.15) is 11.3 Å². The average Bonchev–Trinajstić information content (AvgIpc) is 2.83. The van der Waals surface area contributed by atoms with E-state index in [9.17, 15) is 0 Å². The molecule has 0 saturated heterocycles. The third-order valence-corrected chi connectivity index (χ3v) is 3.67. The molecule has 1 heterocycles. The molecule has 19 heavy (non-hydrogen) atoms. The Labute approximate surface area is 120 Å². The van der Waals surface area contributed by atoms with E-state index in [4.69, 9.17) is 5.73 Å². The lowest BCUT2D eigenvalue weighted by molar-refractivity contribution is 1.14. The van der Waals surface area contributed by atoms with Crippen LogP contribution >= 0.6 is 15.9 Å². The number of anilines is 1. The molecule has 96 valence electrons. The van der Waals surface area contributed by atoms with Gasteiger partial charge in [-0.25, -0.2) is 4.98 Å². The van der Waals surface area contributed by atoms with Gasteiger partial charge >= 0.3 is 0 Å². The lowest BCUT2D eigenvalue weighted by atomic mass is 10.1. The fourth-order valence-electron chi connectivity index (χ4n) is 2.14. The van der Waals surface area contributed by atoms with Crippen LogP contribution in [0.25, 0.3) is 22.4 Å². The van der Waals surface area contributed by atoms with Crippen molar-refractivity contribution in [3.05, 3.63) is 46.4 Å². The minimum Gasteiger partial charge on any atom is -0.397 e. The molecule has 0 saturated carbocycles. The van der Waals surface area contributed by atoms with Crippen molar-refractivity contribution in [1.82, 2.24) is 9.97 Å². The molecule has 3 N–H and O–H groups in total. The number of aryl methyl sites for hydroxylation is 1. The van der Waals surface area contributed by atoms with E-state index in [2.05, 4.69) is 57.1 Å². The molecule has 0 aliphatic carbocycles. The van der Waals surface area contributed by atoms with Gasteiger partial charge in [-0.05, 0) is 24.1 Å². The minimum atomic E-state index is 0.678. The molecule has 0 bridgehead atoms. The second-order valence-corrected chi connectivity index (χ2v) is 5.44. The van der Waals surface area contributed by atoms with Crippen LogP contribution in [0, 0.1) is 0 Å². The van der Waals surface area contributed by atoms with E-state index in [1.165, 1.54) is 5.56 Å². The molecule has 0 fully saturated rings. The van der Waals surface area contributed by atoms with Crippen LogP contribution in [0.5, 0.6) is 0 Å². The molecule has 0 unspecified atom stereocenters. The number of nitrogen functional groups attached to an aromatic ring is 1. The highest BCUT2D eigenvalue weighted by atomic mass is 79.9. The van der Waals surface area contributed by atoms with Crippen LogP contribution < -0.4 is 5.73 Å². The Morgan fingerprint density at radius 3 is 2.63 bits per heavy atom. The van der Waals surface area contributed by atoms with Crippen molar-refractivity contribution in [2.45, 2.75) is 13.3 Å². The molecule has 3 nitrogen and oxygen atoms in total. The van der Waals surface area contributed by atoms with Gasteiger partial charge in [0, 0.05) is 10.0 Å². The smallest absolute Gasteiger partial charge is 0.138 e. The number of benzene rings is 2. The first-order chi connectivity index (χ1) is 9.17. The van der Waals surface area contributed by atoms with Gasteiger partial charge in [-0.2, -0.15) is 0 Å². The Balaban J connectivity index is 2.12. The molecule has 0 spiro atoms. The number of fused-ring (bicyclic) bond motifs is 1. The first-order valence-electron chi connectivity index (χ1n) is 6.21. The van der Waals surface area contributed by atoms with Crippen molar-refractivity contribution in [2.75, 3.05) is 5.73 Å². The van der Waals surface area contributed by atoms with Gasteiger partial charge in [-0.15, -0.1) is 0 Å². The van der Waals surface area contributed by atoms with Gasteiger partial charge in [-0.1, -0.05) is 47.1 Å². The molecule has 2 aromatic carbocycles. The predicted molar refractivity (Wildman–Crippen MR) is 83.0 cm³/mol. The number of rotatable bonds is 2. The zero-order chi connectivity index (χ0) is 13.4. The Kier molecular flexibility index (Phi) is 3.03. The van der Waals surface area contributed by atoms with Crippen molar-refractivity contribution in [3.8, 4) is 11.4 Å². The minimum absolute atomic E-state index is 0.678. The Bertz CT molecular complexity index is 729. The first-order valence-corrected chi connectivity index (χ1v) is 7.00. The highest BCUT2D eigenvalue weighted by molar-refractivity contribution is 9.10. The zero-order valence-corrected chi connectivity index (χ0v) is 12.2. The average molecular weight is 316 g/mol. The second-order valence-electron chi connectivity index (χ2n) is 4.53. The normalized spacial score (nSPS) is 11.1. The standard InChI is InChI=1S/C15H14BrN3/c1-2-9-3-5-10(6-4-9)15-18-13-8-11(16)7-12(17)14(13)19-15/h3-8H,2,17H2,1H3,(H,18,19). The molecule has 3 rings (SSSR count). The molecular formula is C15H14BrN3. The van der Waals surface area contributed by atoms with Gasteiger partial charge in [-0.3, -0.25) is 0 Å². The molecule has 0 radical (unpaired) electrons. The molecule has 3 aromatic rings. The summed E-state index contributed by atoms with van der Waals surface area (Å²) in [4.78, 5) is 7.89. The summed E-state index contributed by atoms with van der Waals surface area (Å²) >= 11 is 3.44. The number of halogens is 1. The predicted octanol–water partition coefficient (Wildman–Crippen LogP) is 4.14. The first kappa shape index (κ1) is 12.2. The number of aromatic nitrogens is 2. The molecule has 0 amide bonds. The monoisotopic (exact) mass is 315 g/mol. The summed E-state index contributed by atoms with van der Waals surface area (Å²) in [6, 6.07) is 12.3. The van der Waals surface area contributed by atoms with Gasteiger partial charge in [0.15, 0.2) is 0 Å². The van der Waals surface area contributed by atoms with Crippen molar-refractivity contribution < 1.29 is 0 Å². The largest absolute Gasteiger partial charge is 0.397 e. The lowest BCUT2D eigenvalue weighted by Crippen LogP contribution is -1.86. The van der Waals surface area contributed by atoms with E-state index < -0.39 is 0 Å². The number of nitrogens with one attached hydrogen (secondary N) is 1. The topological polar surface area (TPSA) is 54.7 Å². The molecule has 0 aliphatic rings. The van der Waals surface area contributed by atoms with Crippen LogP contribution in [0.3, 0.4) is 0 Å². The van der Waals surface area contributed by atoms with Crippen LogP contribution in [0.2, 0.25) is 0 Å². The number of H-pyrrole nitrogens is 1. The van der Waals surface area contributed by atoms with Gasteiger partial charge in [0.25, 0.3) is 0 Å². The Hall–Kier alpha value is -1.81. The Morgan fingerprint density at radius 2 is 1.95 bits per heavy atom.